The van der Waals surface area contributed by atoms with Gasteiger partial charge >= 0.3 is 0 Å². The van der Waals surface area contributed by atoms with Gasteiger partial charge in [-0.3, -0.25) is 19.4 Å². The Labute approximate surface area is 146 Å². The SMILES string of the molecule is CCCC(CCO)CNC(=O)c1cc(C2CC2)nc2c1c(=O)[nH]n2C. The first-order valence-corrected chi connectivity index (χ1v) is 9.03. The molecule has 7 heteroatoms. The number of aliphatic hydroxyl groups is 1. The lowest BCUT2D eigenvalue weighted by molar-refractivity contribution is 0.0944. The summed E-state index contributed by atoms with van der Waals surface area (Å²) in [5.74, 6) is 0.390. The molecule has 0 radical (unpaired) electrons. The largest absolute Gasteiger partial charge is 0.396 e. The van der Waals surface area contributed by atoms with Crippen molar-refractivity contribution in [1.82, 2.24) is 20.1 Å². The van der Waals surface area contributed by atoms with E-state index in [0.29, 0.717) is 35.5 Å². The molecule has 25 heavy (non-hydrogen) atoms. The average Bonchev–Trinajstić information content (AvgIpc) is 3.39. The number of nitrogens with zero attached hydrogens (tertiary/aromatic N) is 2. The summed E-state index contributed by atoms with van der Waals surface area (Å²) in [7, 11) is 1.73. The number of hydrogen-bond donors (Lipinski definition) is 3. The predicted octanol–water partition coefficient (Wildman–Crippen LogP) is 1.67. The van der Waals surface area contributed by atoms with Gasteiger partial charge in [0.2, 0.25) is 0 Å². The van der Waals surface area contributed by atoms with E-state index in [1.807, 2.05) is 0 Å². The number of amides is 1. The smallest absolute Gasteiger partial charge is 0.274 e. The minimum absolute atomic E-state index is 0.115. The molecule has 0 saturated heterocycles. The van der Waals surface area contributed by atoms with E-state index >= 15 is 0 Å². The van der Waals surface area contributed by atoms with Crippen LogP contribution in [0.25, 0.3) is 11.0 Å². The lowest BCUT2D eigenvalue weighted by Gasteiger charge is -2.16. The summed E-state index contributed by atoms with van der Waals surface area (Å²) in [6.45, 7) is 2.70. The van der Waals surface area contributed by atoms with Gasteiger partial charge in [-0.15, -0.1) is 0 Å². The van der Waals surface area contributed by atoms with E-state index in [2.05, 4.69) is 22.3 Å². The summed E-state index contributed by atoms with van der Waals surface area (Å²) in [6, 6.07) is 1.77. The molecule has 1 aliphatic rings. The third-order valence-electron chi connectivity index (χ3n) is 4.86. The van der Waals surface area contributed by atoms with Crippen molar-refractivity contribution in [3.05, 3.63) is 27.7 Å². The molecule has 0 aliphatic heterocycles. The topological polar surface area (TPSA) is 100 Å². The summed E-state index contributed by atoms with van der Waals surface area (Å²) >= 11 is 0. The summed E-state index contributed by atoms with van der Waals surface area (Å²) in [5, 5.41) is 15.1. The molecule has 1 unspecified atom stereocenters. The van der Waals surface area contributed by atoms with Crippen LogP contribution in [-0.4, -0.2) is 38.9 Å². The van der Waals surface area contributed by atoms with Crippen molar-refractivity contribution >= 4 is 16.9 Å². The van der Waals surface area contributed by atoms with Crippen LogP contribution in [0.1, 0.15) is 61.0 Å². The van der Waals surface area contributed by atoms with Crippen molar-refractivity contribution in [2.45, 2.75) is 44.9 Å². The standard InChI is InChI=1S/C18H26N4O3/c1-3-4-11(7-8-23)10-19-17(24)13-9-14(12-5-6-12)20-16-15(13)18(25)21-22(16)2/h9,11-12,23H,3-8,10H2,1-2H3,(H,19,24)(H,21,25). The Morgan fingerprint density at radius 1 is 1.48 bits per heavy atom. The van der Waals surface area contributed by atoms with Crippen LogP contribution in [-0.2, 0) is 7.05 Å². The normalized spacial score (nSPS) is 15.5. The number of fused-ring (bicyclic) bond motifs is 1. The van der Waals surface area contributed by atoms with Crippen molar-refractivity contribution in [3.63, 3.8) is 0 Å². The van der Waals surface area contributed by atoms with Crippen LogP contribution >= 0.6 is 0 Å². The minimum Gasteiger partial charge on any atom is -0.396 e. The molecule has 7 nitrogen and oxygen atoms in total. The lowest BCUT2D eigenvalue weighted by Crippen LogP contribution is -2.30. The number of rotatable bonds is 8. The molecule has 0 bridgehead atoms. The molecule has 3 rings (SSSR count). The number of aromatic nitrogens is 3. The van der Waals surface area contributed by atoms with Crippen LogP contribution in [0.4, 0.5) is 0 Å². The van der Waals surface area contributed by atoms with E-state index in [-0.39, 0.29) is 24.0 Å². The van der Waals surface area contributed by atoms with Gasteiger partial charge in [0.1, 0.15) is 0 Å². The van der Waals surface area contributed by atoms with Crippen LogP contribution < -0.4 is 10.9 Å². The van der Waals surface area contributed by atoms with Gasteiger partial charge in [0.25, 0.3) is 11.5 Å². The molecule has 0 aromatic carbocycles. The Balaban J connectivity index is 1.88. The van der Waals surface area contributed by atoms with Gasteiger partial charge in [0.05, 0.1) is 10.9 Å². The van der Waals surface area contributed by atoms with Crippen molar-refractivity contribution in [2.75, 3.05) is 13.2 Å². The molecule has 1 saturated carbocycles. The highest BCUT2D eigenvalue weighted by molar-refractivity contribution is 6.05. The highest BCUT2D eigenvalue weighted by Crippen LogP contribution is 2.39. The molecule has 1 aliphatic carbocycles. The van der Waals surface area contributed by atoms with Gasteiger partial charge in [-0.05, 0) is 37.7 Å². The molecule has 2 heterocycles. The fraction of sp³-hybridized carbons (Fsp3) is 0.611. The van der Waals surface area contributed by atoms with E-state index in [4.69, 9.17) is 5.11 Å². The quantitative estimate of drug-likeness (QED) is 0.677. The first-order valence-electron chi connectivity index (χ1n) is 9.03. The molecule has 2 aromatic heterocycles. The van der Waals surface area contributed by atoms with Gasteiger partial charge in [-0.1, -0.05) is 13.3 Å². The van der Waals surface area contributed by atoms with Crippen LogP contribution in [0.3, 0.4) is 0 Å². The van der Waals surface area contributed by atoms with Crippen LogP contribution in [0.2, 0.25) is 0 Å². The Hall–Kier alpha value is -2.15. The van der Waals surface area contributed by atoms with Crippen molar-refractivity contribution in [2.24, 2.45) is 13.0 Å². The van der Waals surface area contributed by atoms with Crippen molar-refractivity contribution in [1.29, 1.82) is 0 Å². The first kappa shape index (κ1) is 17.7. The second-order valence-corrected chi connectivity index (χ2v) is 6.94. The van der Waals surface area contributed by atoms with Gasteiger partial charge < -0.3 is 10.4 Å². The number of carbonyl (C=O) groups is 1. The second kappa shape index (κ2) is 7.39. The molecule has 1 atom stereocenters. The number of nitrogens with one attached hydrogen (secondary N) is 2. The zero-order chi connectivity index (χ0) is 18.0. The lowest BCUT2D eigenvalue weighted by atomic mass is 10.00. The van der Waals surface area contributed by atoms with Crippen molar-refractivity contribution in [3.8, 4) is 0 Å². The summed E-state index contributed by atoms with van der Waals surface area (Å²) in [4.78, 5) is 29.6. The molecule has 3 N–H and O–H groups in total. The van der Waals surface area contributed by atoms with Crippen LogP contribution in [0, 0.1) is 5.92 Å². The molecule has 1 fully saturated rings. The molecule has 0 spiro atoms. The summed E-state index contributed by atoms with van der Waals surface area (Å²) < 4.78 is 1.58. The minimum atomic E-state index is -0.294. The fourth-order valence-corrected chi connectivity index (χ4v) is 3.32. The maximum atomic E-state index is 12.8. The van der Waals surface area contributed by atoms with E-state index in [1.165, 1.54) is 0 Å². The number of carbonyl (C=O) groups excluding carboxylic acids is 1. The molecular formula is C18H26N4O3. The van der Waals surface area contributed by atoms with Gasteiger partial charge in [0.15, 0.2) is 5.65 Å². The number of H-pyrrole nitrogens is 1. The van der Waals surface area contributed by atoms with E-state index in [9.17, 15) is 9.59 Å². The van der Waals surface area contributed by atoms with E-state index in [0.717, 1.165) is 31.4 Å². The Kier molecular flexibility index (Phi) is 5.22. The number of aryl methyl sites for hydroxylation is 1. The number of pyridine rings is 1. The molecular weight excluding hydrogens is 320 g/mol. The molecule has 136 valence electrons. The number of aliphatic hydroxyl groups excluding tert-OH is 1. The van der Waals surface area contributed by atoms with E-state index < -0.39 is 0 Å². The maximum Gasteiger partial charge on any atom is 0.274 e. The Bertz CT molecular complexity index is 814. The van der Waals surface area contributed by atoms with Crippen molar-refractivity contribution < 1.29 is 9.90 Å². The zero-order valence-corrected chi connectivity index (χ0v) is 14.8. The summed E-state index contributed by atoms with van der Waals surface area (Å²) in [6.07, 6.45) is 4.77. The second-order valence-electron chi connectivity index (χ2n) is 6.94. The van der Waals surface area contributed by atoms with Gasteiger partial charge in [-0.2, -0.15) is 0 Å². The maximum absolute atomic E-state index is 12.8. The Morgan fingerprint density at radius 3 is 2.88 bits per heavy atom. The highest BCUT2D eigenvalue weighted by Gasteiger charge is 2.28. The number of hydrogen-bond acceptors (Lipinski definition) is 4. The average molecular weight is 346 g/mol. The van der Waals surface area contributed by atoms with Crippen LogP contribution in [0.15, 0.2) is 10.9 Å². The van der Waals surface area contributed by atoms with Gasteiger partial charge in [0, 0.05) is 31.8 Å². The monoisotopic (exact) mass is 346 g/mol. The first-order chi connectivity index (χ1) is 12.0. The third kappa shape index (κ3) is 3.76. The fourth-order valence-electron chi connectivity index (χ4n) is 3.32. The molecule has 1 amide bonds. The molecule has 2 aromatic rings. The predicted molar refractivity (Wildman–Crippen MR) is 95.7 cm³/mol. The zero-order valence-electron chi connectivity index (χ0n) is 14.8. The number of aromatic amines is 1. The summed E-state index contributed by atoms with van der Waals surface area (Å²) in [5.41, 5.74) is 1.51. The highest BCUT2D eigenvalue weighted by atomic mass is 16.3. The van der Waals surface area contributed by atoms with Gasteiger partial charge in [-0.25, -0.2) is 4.98 Å². The van der Waals surface area contributed by atoms with E-state index in [1.54, 1.807) is 17.8 Å². The van der Waals surface area contributed by atoms with Crippen LogP contribution in [0.5, 0.6) is 0 Å². The third-order valence-corrected chi connectivity index (χ3v) is 4.86. The Morgan fingerprint density at radius 2 is 2.24 bits per heavy atom.